The van der Waals surface area contributed by atoms with Gasteiger partial charge in [-0.15, -0.1) is 0 Å². The Hall–Kier alpha value is -1.61. The van der Waals surface area contributed by atoms with Gasteiger partial charge >= 0.3 is 0 Å². The standard InChI is InChI=1S/C14H18NO2/c1-15(2)9-12(8-13(16)10-15)11-4-6-14(17-3)7-5-11/h4-8H,9-10H2,1-3H3/q+1. The van der Waals surface area contributed by atoms with Crippen LogP contribution in [0, 0.1) is 0 Å². The summed E-state index contributed by atoms with van der Waals surface area (Å²) < 4.78 is 5.85. The van der Waals surface area contributed by atoms with Crippen LogP contribution in [0.25, 0.3) is 5.57 Å². The third-order valence-electron chi connectivity index (χ3n) is 2.98. The van der Waals surface area contributed by atoms with Gasteiger partial charge in [0.1, 0.15) is 18.8 Å². The molecule has 0 aromatic heterocycles. The van der Waals surface area contributed by atoms with Crippen LogP contribution >= 0.6 is 0 Å². The van der Waals surface area contributed by atoms with Crippen LogP contribution < -0.4 is 4.74 Å². The number of methoxy groups -OCH3 is 1. The molecule has 1 aromatic rings. The van der Waals surface area contributed by atoms with E-state index in [9.17, 15) is 4.79 Å². The first kappa shape index (κ1) is 11.9. The lowest BCUT2D eigenvalue weighted by Gasteiger charge is -2.32. The van der Waals surface area contributed by atoms with Crippen LogP contribution in [0.5, 0.6) is 5.75 Å². The van der Waals surface area contributed by atoms with Gasteiger partial charge in [0, 0.05) is 5.57 Å². The molecule has 1 aliphatic rings. The second-order valence-electron chi connectivity index (χ2n) is 5.12. The van der Waals surface area contributed by atoms with Gasteiger partial charge in [0.2, 0.25) is 5.78 Å². The number of nitrogens with zero attached hydrogens (tertiary/aromatic N) is 1. The van der Waals surface area contributed by atoms with Crippen molar-refractivity contribution in [2.45, 2.75) is 0 Å². The van der Waals surface area contributed by atoms with Crippen molar-refractivity contribution in [1.29, 1.82) is 0 Å². The van der Waals surface area contributed by atoms with E-state index in [0.29, 0.717) is 6.54 Å². The van der Waals surface area contributed by atoms with Crippen LogP contribution in [0.3, 0.4) is 0 Å². The maximum Gasteiger partial charge on any atom is 0.210 e. The Bertz CT molecular complexity index is 458. The van der Waals surface area contributed by atoms with Crippen LogP contribution in [-0.2, 0) is 4.79 Å². The summed E-state index contributed by atoms with van der Waals surface area (Å²) in [5.74, 6) is 1.04. The van der Waals surface area contributed by atoms with Gasteiger partial charge in [0.05, 0.1) is 21.2 Å². The lowest BCUT2D eigenvalue weighted by atomic mass is 9.99. The first-order chi connectivity index (χ1) is 8.00. The summed E-state index contributed by atoms with van der Waals surface area (Å²) in [5, 5.41) is 0. The van der Waals surface area contributed by atoms with Gasteiger partial charge in [0.25, 0.3) is 0 Å². The molecule has 0 N–H and O–H groups in total. The molecule has 3 heteroatoms. The van der Waals surface area contributed by atoms with E-state index in [1.54, 1.807) is 13.2 Å². The average molecular weight is 232 g/mol. The summed E-state index contributed by atoms with van der Waals surface area (Å²) in [6.45, 7) is 1.47. The number of quaternary nitrogens is 1. The number of likely N-dealkylation sites (N-methyl/N-ethyl adjacent to an activating group) is 1. The molecule has 0 saturated heterocycles. The van der Waals surface area contributed by atoms with Crippen molar-refractivity contribution in [2.24, 2.45) is 0 Å². The van der Waals surface area contributed by atoms with Gasteiger partial charge in [-0.3, -0.25) is 4.79 Å². The highest BCUT2D eigenvalue weighted by atomic mass is 16.5. The first-order valence-electron chi connectivity index (χ1n) is 5.70. The molecule has 0 saturated carbocycles. The third kappa shape index (κ3) is 2.74. The van der Waals surface area contributed by atoms with E-state index in [-0.39, 0.29) is 5.78 Å². The molecule has 1 aromatic carbocycles. The molecule has 0 bridgehead atoms. The zero-order valence-corrected chi connectivity index (χ0v) is 10.6. The van der Waals surface area contributed by atoms with Crippen molar-refractivity contribution in [3.8, 4) is 5.75 Å². The van der Waals surface area contributed by atoms with Gasteiger partial charge < -0.3 is 9.22 Å². The molecule has 17 heavy (non-hydrogen) atoms. The van der Waals surface area contributed by atoms with Crippen LogP contribution in [0.15, 0.2) is 30.3 Å². The Morgan fingerprint density at radius 1 is 1.12 bits per heavy atom. The Morgan fingerprint density at radius 3 is 2.29 bits per heavy atom. The number of benzene rings is 1. The topological polar surface area (TPSA) is 26.3 Å². The summed E-state index contributed by atoms with van der Waals surface area (Å²) in [7, 11) is 5.81. The fraction of sp³-hybridized carbons (Fsp3) is 0.357. The minimum Gasteiger partial charge on any atom is -0.497 e. The van der Waals surface area contributed by atoms with Crippen molar-refractivity contribution < 1.29 is 14.0 Å². The SMILES string of the molecule is COc1ccc(C2=CC(=O)C[N+](C)(C)C2)cc1. The molecule has 90 valence electrons. The Kier molecular flexibility index (Phi) is 3.03. The predicted octanol–water partition coefficient (Wildman–Crippen LogP) is 1.74. The summed E-state index contributed by atoms with van der Waals surface area (Å²) >= 11 is 0. The molecule has 1 aliphatic heterocycles. The number of ketones is 1. The highest BCUT2D eigenvalue weighted by molar-refractivity contribution is 5.99. The number of carbonyl (C=O) groups is 1. The minimum atomic E-state index is 0.201. The van der Waals surface area contributed by atoms with Crippen LogP contribution in [-0.4, -0.2) is 44.6 Å². The monoisotopic (exact) mass is 232 g/mol. The van der Waals surface area contributed by atoms with E-state index in [2.05, 4.69) is 14.1 Å². The van der Waals surface area contributed by atoms with Crippen LogP contribution in [0.2, 0.25) is 0 Å². The minimum absolute atomic E-state index is 0.201. The van der Waals surface area contributed by atoms with Gasteiger partial charge in [-0.2, -0.15) is 0 Å². The smallest absolute Gasteiger partial charge is 0.210 e. The molecule has 1 heterocycles. The zero-order chi connectivity index (χ0) is 12.5. The van der Waals surface area contributed by atoms with Crippen molar-refractivity contribution in [3.05, 3.63) is 35.9 Å². The van der Waals surface area contributed by atoms with E-state index in [1.807, 2.05) is 24.3 Å². The fourth-order valence-electron chi connectivity index (χ4n) is 2.20. The van der Waals surface area contributed by atoms with E-state index < -0.39 is 0 Å². The average Bonchev–Trinajstić information content (AvgIpc) is 2.26. The first-order valence-corrected chi connectivity index (χ1v) is 5.70. The Labute approximate surface area is 102 Å². The number of hydrogen-bond donors (Lipinski definition) is 0. The predicted molar refractivity (Wildman–Crippen MR) is 67.8 cm³/mol. The van der Waals surface area contributed by atoms with Crippen molar-refractivity contribution in [3.63, 3.8) is 0 Å². The molecule has 0 spiro atoms. The van der Waals surface area contributed by atoms with Gasteiger partial charge in [-0.1, -0.05) is 12.1 Å². The maximum absolute atomic E-state index is 11.7. The number of rotatable bonds is 2. The molecular formula is C14H18NO2+. The third-order valence-corrected chi connectivity index (χ3v) is 2.98. The summed E-state index contributed by atoms with van der Waals surface area (Å²) in [4.78, 5) is 11.7. The Morgan fingerprint density at radius 2 is 1.76 bits per heavy atom. The van der Waals surface area contributed by atoms with E-state index in [1.165, 1.54) is 0 Å². The van der Waals surface area contributed by atoms with E-state index in [4.69, 9.17) is 4.74 Å². The highest BCUT2D eigenvalue weighted by Gasteiger charge is 2.26. The normalized spacial score (nSPS) is 18.8. The maximum atomic E-state index is 11.7. The lowest BCUT2D eigenvalue weighted by molar-refractivity contribution is -0.875. The second kappa shape index (κ2) is 4.34. The van der Waals surface area contributed by atoms with Gasteiger partial charge in [-0.25, -0.2) is 0 Å². The largest absolute Gasteiger partial charge is 0.497 e. The van der Waals surface area contributed by atoms with Gasteiger partial charge in [0.15, 0.2) is 0 Å². The fourth-order valence-corrected chi connectivity index (χ4v) is 2.20. The van der Waals surface area contributed by atoms with Crippen molar-refractivity contribution >= 4 is 11.4 Å². The molecule has 3 nitrogen and oxygen atoms in total. The molecule has 0 fully saturated rings. The van der Waals surface area contributed by atoms with Crippen molar-refractivity contribution in [1.82, 2.24) is 0 Å². The molecular weight excluding hydrogens is 214 g/mol. The van der Waals surface area contributed by atoms with E-state index in [0.717, 1.165) is 27.9 Å². The molecule has 0 aliphatic carbocycles. The molecule has 0 unspecified atom stereocenters. The number of ether oxygens (including phenoxy) is 1. The molecule has 0 atom stereocenters. The number of hydrogen-bond acceptors (Lipinski definition) is 2. The second-order valence-corrected chi connectivity index (χ2v) is 5.12. The number of carbonyl (C=O) groups excluding carboxylic acids is 1. The summed E-state index contributed by atoms with van der Waals surface area (Å²) in [6.07, 6.45) is 1.77. The zero-order valence-electron chi connectivity index (χ0n) is 10.6. The summed E-state index contributed by atoms with van der Waals surface area (Å²) in [6, 6.07) is 7.86. The summed E-state index contributed by atoms with van der Waals surface area (Å²) in [5.41, 5.74) is 2.21. The molecule has 0 radical (unpaired) electrons. The van der Waals surface area contributed by atoms with E-state index >= 15 is 0 Å². The Balaban J connectivity index is 2.29. The van der Waals surface area contributed by atoms with Crippen LogP contribution in [0.4, 0.5) is 0 Å². The quantitative estimate of drug-likeness (QED) is 0.726. The van der Waals surface area contributed by atoms with Crippen molar-refractivity contribution in [2.75, 3.05) is 34.3 Å². The highest BCUT2D eigenvalue weighted by Crippen LogP contribution is 2.23. The van der Waals surface area contributed by atoms with Gasteiger partial charge in [-0.05, 0) is 23.8 Å². The van der Waals surface area contributed by atoms with Crippen LogP contribution in [0.1, 0.15) is 5.56 Å². The molecule has 0 amide bonds. The molecule has 2 rings (SSSR count). The lowest BCUT2D eigenvalue weighted by Crippen LogP contribution is -2.47.